The molecule has 1 N–H and O–H groups in total. The van der Waals surface area contributed by atoms with Gasteiger partial charge in [0.2, 0.25) is 0 Å². The summed E-state index contributed by atoms with van der Waals surface area (Å²) in [7, 11) is 0. The molecule has 0 aromatic heterocycles. The van der Waals surface area contributed by atoms with Crippen LogP contribution < -0.4 is 14.8 Å². The predicted molar refractivity (Wildman–Crippen MR) is 103 cm³/mol. The molecule has 0 heterocycles. The van der Waals surface area contributed by atoms with Gasteiger partial charge in [-0.05, 0) is 42.5 Å². The van der Waals surface area contributed by atoms with Gasteiger partial charge < -0.3 is 14.8 Å². The topological polar surface area (TPSA) is 71.3 Å². The van der Waals surface area contributed by atoms with Crippen LogP contribution in [0.1, 0.15) is 5.56 Å². The molecule has 0 radical (unpaired) electrons. The first kappa shape index (κ1) is 18.3. The van der Waals surface area contributed by atoms with Gasteiger partial charge in [-0.15, -0.1) is 0 Å². The second kappa shape index (κ2) is 8.75. The number of nitriles is 1. The molecule has 6 heteroatoms. The Hall–Kier alpha value is -3.49. The van der Waals surface area contributed by atoms with Crippen LogP contribution >= 0.6 is 11.6 Å². The molecule has 0 unspecified atom stereocenters. The van der Waals surface area contributed by atoms with Crippen molar-refractivity contribution in [2.24, 2.45) is 0 Å². The highest BCUT2D eigenvalue weighted by Crippen LogP contribution is 2.32. The maximum atomic E-state index is 12.3. The number of benzene rings is 3. The molecule has 134 valence electrons. The van der Waals surface area contributed by atoms with Crippen LogP contribution in [0.2, 0.25) is 5.02 Å². The molecule has 0 atom stereocenters. The van der Waals surface area contributed by atoms with E-state index in [0.29, 0.717) is 33.5 Å². The Kier molecular flexibility index (Phi) is 5.93. The van der Waals surface area contributed by atoms with E-state index in [-0.39, 0.29) is 6.61 Å². The Labute approximate surface area is 161 Å². The van der Waals surface area contributed by atoms with Gasteiger partial charge in [0.25, 0.3) is 5.91 Å². The highest BCUT2D eigenvalue weighted by atomic mass is 35.5. The third kappa shape index (κ3) is 5.00. The molecular formula is C21H15ClN2O3. The molecule has 0 aliphatic carbocycles. The van der Waals surface area contributed by atoms with Crippen molar-refractivity contribution in [3.05, 3.63) is 83.4 Å². The SMILES string of the molecule is N#Cc1ccccc1OCC(=O)Nc1cc(Cl)ccc1Oc1ccccc1. The summed E-state index contributed by atoms with van der Waals surface area (Å²) in [5.41, 5.74) is 0.787. The second-order valence-electron chi connectivity index (χ2n) is 5.50. The molecule has 0 spiro atoms. The van der Waals surface area contributed by atoms with Gasteiger partial charge in [0.05, 0.1) is 11.3 Å². The van der Waals surface area contributed by atoms with Crippen molar-refractivity contribution in [3.63, 3.8) is 0 Å². The number of ether oxygens (including phenoxy) is 2. The monoisotopic (exact) mass is 378 g/mol. The molecule has 3 aromatic rings. The zero-order valence-electron chi connectivity index (χ0n) is 14.2. The van der Waals surface area contributed by atoms with Crippen LogP contribution in [-0.2, 0) is 4.79 Å². The molecule has 0 aliphatic heterocycles. The Bertz CT molecular complexity index is 984. The molecule has 0 bridgehead atoms. The molecule has 0 saturated carbocycles. The quantitative estimate of drug-likeness (QED) is 0.653. The van der Waals surface area contributed by atoms with E-state index in [4.69, 9.17) is 26.3 Å². The first-order chi connectivity index (χ1) is 13.2. The van der Waals surface area contributed by atoms with Gasteiger partial charge in [-0.3, -0.25) is 4.79 Å². The van der Waals surface area contributed by atoms with Crippen LogP contribution in [0.4, 0.5) is 5.69 Å². The van der Waals surface area contributed by atoms with Crippen LogP contribution in [0.5, 0.6) is 17.2 Å². The summed E-state index contributed by atoms with van der Waals surface area (Å²) in [4.78, 5) is 12.3. The van der Waals surface area contributed by atoms with Gasteiger partial charge in [0, 0.05) is 5.02 Å². The van der Waals surface area contributed by atoms with Crippen LogP contribution in [0.25, 0.3) is 0 Å². The maximum absolute atomic E-state index is 12.3. The zero-order valence-corrected chi connectivity index (χ0v) is 14.9. The van der Waals surface area contributed by atoms with E-state index < -0.39 is 5.91 Å². The lowest BCUT2D eigenvalue weighted by molar-refractivity contribution is -0.118. The average Bonchev–Trinajstić information content (AvgIpc) is 2.69. The standard InChI is InChI=1S/C21H15ClN2O3/c22-16-10-11-20(27-17-7-2-1-3-8-17)18(12-16)24-21(25)14-26-19-9-5-4-6-15(19)13-23/h1-12H,14H2,(H,24,25). The number of amides is 1. The van der Waals surface area contributed by atoms with E-state index in [1.54, 1.807) is 42.5 Å². The number of carbonyl (C=O) groups is 1. The van der Waals surface area contributed by atoms with Gasteiger partial charge in [-0.1, -0.05) is 41.9 Å². The number of para-hydroxylation sites is 2. The van der Waals surface area contributed by atoms with Crippen LogP contribution in [0, 0.1) is 11.3 Å². The van der Waals surface area contributed by atoms with E-state index in [1.807, 2.05) is 36.4 Å². The summed E-state index contributed by atoms with van der Waals surface area (Å²) in [6, 6.07) is 22.9. The largest absolute Gasteiger partial charge is 0.482 e. The fourth-order valence-electron chi connectivity index (χ4n) is 2.32. The number of hydrogen-bond donors (Lipinski definition) is 1. The van der Waals surface area contributed by atoms with E-state index in [1.165, 1.54) is 0 Å². The smallest absolute Gasteiger partial charge is 0.262 e. The van der Waals surface area contributed by atoms with Crippen molar-refractivity contribution in [3.8, 4) is 23.3 Å². The summed E-state index contributed by atoms with van der Waals surface area (Å²) < 4.78 is 11.2. The lowest BCUT2D eigenvalue weighted by atomic mass is 10.2. The number of halogens is 1. The van der Waals surface area contributed by atoms with E-state index >= 15 is 0 Å². The minimum absolute atomic E-state index is 0.254. The third-order valence-electron chi connectivity index (χ3n) is 3.55. The fraction of sp³-hybridized carbons (Fsp3) is 0.0476. The minimum Gasteiger partial charge on any atom is -0.482 e. The predicted octanol–water partition coefficient (Wildman–Crippen LogP) is 5.02. The highest BCUT2D eigenvalue weighted by Gasteiger charge is 2.11. The van der Waals surface area contributed by atoms with Crippen molar-refractivity contribution in [2.75, 3.05) is 11.9 Å². The Morgan fingerprint density at radius 1 is 1.00 bits per heavy atom. The molecular weight excluding hydrogens is 364 g/mol. The van der Waals surface area contributed by atoms with Crippen molar-refractivity contribution in [1.82, 2.24) is 0 Å². The van der Waals surface area contributed by atoms with Crippen molar-refractivity contribution >= 4 is 23.2 Å². The van der Waals surface area contributed by atoms with Crippen molar-refractivity contribution < 1.29 is 14.3 Å². The van der Waals surface area contributed by atoms with Crippen LogP contribution in [0.15, 0.2) is 72.8 Å². The first-order valence-corrected chi connectivity index (χ1v) is 8.48. The number of nitrogens with one attached hydrogen (secondary N) is 1. The number of rotatable bonds is 6. The first-order valence-electron chi connectivity index (χ1n) is 8.10. The summed E-state index contributed by atoms with van der Waals surface area (Å²) in [6.45, 7) is -0.254. The summed E-state index contributed by atoms with van der Waals surface area (Å²) in [5.74, 6) is 1.04. The Balaban J connectivity index is 1.70. The maximum Gasteiger partial charge on any atom is 0.262 e. The summed E-state index contributed by atoms with van der Waals surface area (Å²) in [5, 5.41) is 12.2. The number of hydrogen-bond acceptors (Lipinski definition) is 4. The highest BCUT2D eigenvalue weighted by molar-refractivity contribution is 6.31. The lowest BCUT2D eigenvalue weighted by Gasteiger charge is -2.13. The zero-order chi connectivity index (χ0) is 19.1. The summed E-state index contributed by atoms with van der Waals surface area (Å²) in [6.07, 6.45) is 0. The average molecular weight is 379 g/mol. The van der Waals surface area contributed by atoms with Gasteiger partial charge >= 0.3 is 0 Å². The molecule has 27 heavy (non-hydrogen) atoms. The van der Waals surface area contributed by atoms with Crippen LogP contribution in [-0.4, -0.2) is 12.5 Å². The third-order valence-corrected chi connectivity index (χ3v) is 3.79. The van der Waals surface area contributed by atoms with Gasteiger partial charge in [0.1, 0.15) is 17.6 Å². The summed E-state index contributed by atoms with van der Waals surface area (Å²) >= 11 is 6.04. The van der Waals surface area contributed by atoms with Crippen molar-refractivity contribution in [1.29, 1.82) is 5.26 Å². The van der Waals surface area contributed by atoms with E-state index in [2.05, 4.69) is 5.32 Å². The number of nitrogens with zero attached hydrogens (tertiary/aromatic N) is 1. The fourth-order valence-corrected chi connectivity index (χ4v) is 2.49. The Morgan fingerprint density at radius 2 is 1.74 bits per heavy atom. The molecule has 0 aliphatic rings. The van der Waals surface area contributed by atoms with Gasteiger partial charge in [0.15, 0.2) is 12.4 Å². The number of carbonyl (C=O) groups excluding carboxylic acids is 1. The molecule has 5 nitrogen and oxygen atoms in total. The van der Waals surface area contributed by atoms with Crippen LogP contribution in [0.3, 0.4) is 0 Å². The Morgan fingerprint density at radius 3 is 2.52 bits per heavy atom. The molecule has 3 aromatic carbocycles. The molecule has 0 fully saturated rings. The molecule has 1 amide bonds. The van der Waals surface area contributed by atoms with E-state index in [0.717, 1.165) is 0 Å². The molecule has 0 saturated heterocycles. The number of anilines is 1. The van der Waals surface area contributed by atoms with Crippen molar-refractivity contribution in [2.45, 2.75) is 0 Å². The van der Waals surface area contributed by atoms with E-state index in [9.17, 15) is 4.79 Å². The van der Waals surface area contributed by atoms with Gasteiger partial charge in [-0.25, -0.2) is 0 Å². The second-order valence-corrected chi connectivity index (χ2v) is 5.94. The normalized spacial score (nSPS) is 9.93. The minimum atomic E-state index is -0.400. The lowest BCUT2D eigenvalue weighted by Crippen LogP contribution is -2.20. The van der Waals surface area contributed by atoms with Gasteiger partial charge in [-0.2, -0.15) is 5.26 Å². The molecule has 3 rings (SSSR count).